The van der Waals surface area contributed by atoms with Gasteiger partial charge in [-0.25, -0.2) is 13.4 Å². The van der Waals surface area contributed by atoms with Crippen molar-refractivity contribution < 1.29 is 18.3 Å². The minimum atomic E-state index is -3.28. The van der Waals surface area contributed by atoms with Crippen LogP contribution in [0.2, 0.25) is 0 Å². The Morgan fingerprint density at radius 1 is 1.29 bits per heavy atom. The minimum absolute atomic E-state index is 0.0411. The molecule has 0 spiro atoms. The number of phenolic OH excluding ortho intramolecular Hbond substituents is 1. The van der Waals surface area contributed by atoms with Gasteiger partial charge in [-0.2, -0.15) is 0 Å². The number of rotatable bonds is 5. The number of pyridine rings is 1. The van der Waals surface area contributed by atoms with Crippen LogP contribution in [0.15, 0.2) is 41.6 Å². The first-order valence-corrected chi connectivity index (χ1v) is 8.05. The summed E-state index contributed by atoms with van der Waals surface area (Å²) in [6.07, 6.45) is 2.58. The van der Waals surface area contributed by atoms with Crippen molar-refractivity contribution in [3.8, 4) is 11.5 Å². The molecule has 1 aromatic carbocycles. The van der Waals surface area contributed by atoms with Crippen LogP contribution in [0.3, 0.4) is 0 Å². The Bertz CT molecular complexity index is 727. The molecule has 2 N–H and O–H groups in total. The molecule has 0 amide bonds. The Kier molecular flexibility index (Phi) is 4.32. The van der Waals surface area contributed by atoms with E-state index in [2.05, 4.69) is 10.3 Å². The minimum Gasteiger partial charge on any atom is -0.504 e. The summed E-state index contributed by atoms with van der Waals surface area (Å²) in [6, 6.07) is 8.15. The molecule has 7 heteroatoms. The van der Waals surface area contributed by atoms with E-state index in [0.29, 0.717) is 18.0 Å². The number of phenols is 1. The van der Waals surface area contributed by atoms with E-state index in [1.807, 2.05) is 0 Å². The van der Waals surface area contributed by atoms with Gasteiger partial charge in [0.2, 0.25) is 0 Å². The molecule has 0 fully saturated rings. The second-order valence-electron chi connectivity index (χ2n) is 4.52. The summed E-state index contributed by atoms with van der Waals surface area (Å²) >= 11 is 0. The Labute approximate surface area is 123 Å². The second-order valence-corrected chi connectivity index (χ2v) is 6.48. The predicted molar refractivity (Wildman–Crippen MR) is 79.3 cm³/mol. The van der Waals surface area contributed by atoms with Crippen molar-refractivity contribution >= 4 is 15.5 Å². The highest BCUT2D eigenvalue weighted by atomic mass is 32.2. The molecular formula is C14H16N2O4S. The number of hydrogen-bond donors (Lipinski definition) is 2. The van der Waals surface area contributed by atoms with E-state index in [1.165, 1.54) is 19.4 Å². The van der Waals surface area contributed by atoms with Crippen molar-refractivity contribution in [2.75, 3.05) is 18.7 Å². The summed E-state index contributed by atoms with van der Waals surface area (Å²) in [4.78, 5) is 3.89. The molecule has 0 unspecified atom stereocenters. The quantitative estimate of drug-likeness (QED) is 0.876. The van der Waals surface area contributed by atoms with Crippen LogP contribution < -0.4 is 10.1 Å². The van der Waals surface area contributed by atoms with Crippen molar-refractivity contribution in [1.29, 1.82) is 0 Å². The van der Waals surface area contributed by atoms with Gasteiger partial charge in [-0.05, 0) is 29.8 Å². The number of methoxy groups -OCH3 is 1. The second kappa shape index (κ2) is 6.01. The van der Waals surface area contributed by atoms with Gasteiger partial charge in [0.15, 0.2) is 26.4 Å². The number of anilines is 1. The molecule has 2 rings (SSSR count). The first kappa shape index (κ1) is 15.1. The van der Waals surface area contributed by atoms with Crippen LogP contribution in [-0.4, -0.2) is 31.9 Å². The monoisotopic (exact) mass is 308 g/mol. The molecule has 112 valence electrons. The van der Waals surface area contributed by atoms with E-state index in [4.69, 9.17) is 4.74 Å². The van der Waals surface area contributed by atoms with E-state index in [1.54, 1.807) is 24.3 Å². The molecular weight excluding hydrogens is 292 g/mol. The Morgan fingerprint density at radius 3 is 2.62 bits per heavy atom. The first-order chi connectivity index (χ1) is 9.90. The number of nitrogens with one attached hydrogen (secondary N) is 1. The van der Waals surface area contributed by atoms with Gasteiger partial charge in [0.25, 0.3) is 0 Å². The van der Waals surface area contributed by atoms with E-state index in [0.717, 1.165) is 11.8 Å². The molecule has 1 heterocycles. The SMILES string of the molecule is COc1cc(CNc2ccc(S(C)(=O)=O)nc2)ccc1O. The van der Waals surface area contributed by atoms with Crippen LogP contribution >= 0.6 is 0 Å². The van der Waals surface area contributed by atoms with E-state index >= 15 is 0 Å². The van der Waals surface area contributed by atoms with Gasteiger partial charge in [-0.15, -0.1) is 0 Å². The first-order valence-electron chi connectivity index (χ1n) is 6.16. The van der Waals surface area contributed by atoms with Crippen molar-refractivity contribution in [2.45, 2.75) is 11.6 Å². The normalized spacial score (nSPS) is 11.1. The number of sulfone groups is 1. The lowest BCUT2D eigenvalue weighted by Crippen LogP contribution is -2.03. The molecule has 21 heavy (non-hydrogen) atoms. The van der Waals surface area contributed by atoms with E-state index < -0.39 is 9.84 Å². The molecule has 0 saturated heterocycles. The number of hydrogen-bond acceptors (Lipinski definition) is 6. The van der Waals surface area contributed by atoms with Crippen LogP contribution in [-0.2, 0) is 16.4 Å². The van der Waals surface area contributed by atoms with Crippen molar-refractivity contribution in [1.82, 2.24) is 4.98 Å². The van der Waals surface area contributed by atoms with Crippen LogP contribution in [0.4, 0.5) is 5.69 Å². The largest absolute Gasteiger partial charge is 0.504 e. The molecule has 6 nitrogen and oxygen atoms in total. The third-order valence-corrected chi connectivity index (χ3v) is 3.86. The maximum Gasteiger partial charge on any atom is 0.192 e. The third kappa shape index (κ3) is 3.85. The zero-order valence-electron chi connectivity index (χ0n) is 11.7. The average Bonchev–Trinajstić information content (AvgIpc) is 2.46. The molecule has 0 radical (unpaired) electrons. The van der Waals surface area contributed by atoms with Crippen LogP contribution in [0, 0.1) is 0 Å². The number of ether oxygens (including phenoxy) is 1. The molecule has 0 aliphatic heterocycles. The van der Waals surface area contributed by atoms with E-state index in [-0.39, 0.29) is 10.8 Å². The van der Waals surface area contributed by atoms with Gasteiger partial charge in [0.05, 0.1) is 19.0 Å². The number of benzene rings is 1. The molecule has 0 bridgehead atoms. The fourth-order valence-corrected chi connectivity index (χ4v) is 2.30. The van der Waals surface area contributed by atoms with Gasteiger partial charge in [-0.3, -0.25) is 0 Å². The predicted octanol–water partition coefficient (Wildman–Crippen LogP) is 1.81. The zero-order chi connectivity index (χ0) is 15.5. The van der Waals surface area contributed by atoms with Crippen molar-refractivity contribution in [2.24, 2.45) is 0 Å². The van der Waals surface area contributed by atoms with Crippen LogP contribution in [0.1, 0.15) is 5.56 Å². The topological polar surface area (TPSA) is 88.5 Å². The Balaban J connectivity index is 2.06. The lowest BCUT2D eigenvalue weighted by molar-refractivity contribution is 0.373. The molecule has 2 aromatic rings. The Morgan fingerprint density at radius 2 is 2.05 bits per heavy atom. The van der Waals surface area contributed by atoms with Gasteiger partial charge in [-0.1, -0.05) is 6.07 Å². The molecule has 0 saturated carbocycles. The van der Waals surface area contributed by atoms with Crippen molar-refractivity contribution in [3.05, 3.63) is 42.1 Å². The average molecular weight is 308 g/mol. The van der Waals surface area contributed by atoms with E-state index in [9.17, 15) is 13.5 Å². The van der Waals surface area contributed by atoms with Crippen LogP contribution in [0.5, 0.6) is 11.5 Å². The lowest BCUT2D eigenvalue weighted by atomic mass is 10.2. The number of aromatic hydroxyl groups is 1. The smallest absolute Gasteiger partial charge is 0.192 e. The summed E-state index contributed by atoms with van der Waals surface area (Å²) in [7, 11) is -1.80. The lowest BCUT2D eigenvalue weighted by Gasteiger charge is -2.09. The van der Waals surface area contributed by atoms with Gasteiger partial charge in [0.1, 0.15) is 0 Å². The summed E-state index contributed by atoms with van der Waals surface area (Å²) < 4.78 is 27.6. The van der Waals surface area contributed by atoms with Gasteiger partial charge in [0, 0.05) is 12.8 Å². The fourth-order valence-electron chi connectivity index (χ4n) is 1.74. The molecule has 0 aliphatic rings. The molecule has 1 aromatic heterocycles. The maximum atomic E-state index is 11.3. The molecule has 0 atom stereocenters. The summed E-state index contributed by atoms with van der Waals surface area (Å²) in [5.74, 6) is 0.486. The standard InChI is InChI=1S/C14H16N2O4S/c1-20-13-7-10(3-5-12(13)17)8-15-11-4-6-14(16-9-11)21(2,18)19/h3-7,9,15,17H,8H2,1-2H3. The third-order valence-electron chi connectivity index (χ3n) is 2.86. The highest BCUT2D eigenvalue weighted by Gasteiger charge is 2.08. The fraction of sp³-hybridized carbons (Fsp3) is 0.214. The summed E-state index contributed by atoms with van der Waals surface area (Å²) in [5.41, 5.74) is 1.62. The van der Waals surface area contributed by atoms with Crippen molar-refractivity contribution in [3.63, 3.8) is 0 Å². The number of aromatic nitrogens is 1. The zero-order valence-corrected chi connectivity index (χ0v) is 12.5. The van der Waals surface area contributed by atoms with Gasteiger partial charge >= 0.3 is 0 Å². The summed E-state index contributed by atoms with van der Waals surface area (Å²) in [5, 5.41) is 12.7. The highest BCUT2D eigenvalue weighted by Crippen LogP contribution is 2.26. The van der Waals surface area contributed by atoms with Gasteiger partial charge < -0.3 is 15.2 Å². The number of nitrogens with zero attached hydrogens (tertiary/aromatic N) is 1. The summed E-state index contributed by atoms with van der Waals surface area (Å²) in [6.45, 7) is 0.497. The Hall–Kier alpha value is -2.28. The maximum absolute atomic E-state index is 11.3. The van der Waals surface area contributed by atoms with Crippen LogP contribution in [0.25, 0.3) is 0 Å². The highest BCUT2D eigenvalue weighted by molar-refractivity contribution is 7.90. The molecule has 0 aliphatic carbocycles.